The van der Waals surface area contributed by atoms with Gasteiger partial charge in [0, 0.05) is 80.1 Å². The van der Waals surface area contributed by atoms with E-state index in [0.29, 0.717) is 38.0 Å². The Morgan fingerprint density at radius 3 is 2.23 bits per heavy atom. The zero-order chi connectivity index (χ0) is 39.4. The van der Waals surface area contributed by atoms with Gasteiger partial charge in [0.1, 0.15) is 22.9 Å². The number of aromatic nitrogens is 4. The molecule has 1 atom stereocenters. The van der Waals surface area contributed by atoms with Crippen LogP contribution in [0.4, 0.5) is 19.3 Å². The maximum atomic E-state index is 14.4. The first-order chi connectivity index (χ1) is 26.9. The predicted molar refractivity (Wildman–Crippen MR) is 206 cm³/mol. The molecule has 1 unspecified atom stereocenters. The van der Waals surface area contributed by atoms with Gasteiger partial charge >= 0.3 is 6.09 Å². The Morgan fingerprint density at radius 1 is 0.821 bits per heavy atom. The number of nitrogens with zero attached hydrogens (tertiary/aromatic N) is 7. The van der Waals surface area contributed by atoms with Crippen LogP contribution in [0.5, 0.6) is 0 Å². The van der Waals surface area contributed by atoms with Crippen molar-refractivity contribution >= 4 is 23.6 Å². The van der Waals surface area contributed by atoms with Crippen molar-refractivity contribution in [3.8, 4) is 11.3 Å². The number of piperidine rings is 1. The summed E-state index contributed by atoms with van der Waals surface area (Å²) in [5.41, 5.74) is 3.87. The normalized spacial score (nSPS) is 16.4. The maximum Gasteiger partial charge on any atom is 0.410 e. The maximum absolute atomic E-state index is 14.4. The molecular formula is C42H44F2N8O4. The average Bonchev–Trinajstić information content (AvgIpc) is 3.70. The average molecular weight is 763 g/mol. The fourth-order valence-corrected chi connectivity index (χ4v) is 7.12. The molecule has 56 heavy (non-hydrogen) atoms. The van der Waals surface area contributed by atoms with E-state index in [1.165, 1.54) is 9.80 Å². The van der Waals surface area contributed by atoms with Crippen LogP contribution in [-0.2, 0) is 11.3 Å². The summed E-state index contributed by atoms with van der Waals surface area (Å²) in [6, 6.07) is 20.8. The third kappa shape index (κ3) is 9.02. The van der Waals surface area contributed by atoms with Crippen molar-refractivity contribution in [3.63, 3.8) is 0 Å². The fourth-order valence-electron chi connectivity index (χ4n) is 7.12. The van der Waals surface area contributed by atoms with Crippen molar-refractivity contribution in [3.05, 3.63) is 131 Å². The quantitative estimate of drug-likeness (QED) is 0.177. The number of rotatable bonds is 8. The van der Waals surface area contributed by atoms with Gasteiger partial charge in [0.15, 0.2) is 0 Å². The number of pyridine rings is 1. The van der Waals surface area contributed by atoms with Gasteiger partial charge in [0.05, 0.1) is 18.3 Å². The van der Waals surface area contributed by atoms with Gasteiger partial charge < -0.3 is 24.8 Å². The lowest BCUT2D eigenvalue weighted by Gasteiger charge is -2.42. The Kier molecular flexibility index (Phi) is 11.1. The molecule has 2 aliphatic rings. The molecule has 1 N–H and O–H groups in total. The zero-order valence-corrected chi connectivity index (χ0v) is 31.6. The summed E-state index contributed by atoms with van der Waals surface area (Å²) in [5, 5.41) is 12.3. The summed E-state index contributed by atoms with van der Waals surface area (Å²) in [5.74, 6) is -2.21. The van der Waals surface area contributed by atoms with Gasteiger partial charge in [-0.25, -0.2) is 18.3 Å². The van der Waals surface area contributed by atoms with Crippen LogP contribution < -0.4 is 5.32 Å². The fraction of sp³-hybridized carbons (Fsp3) is 0.333. The molecule has 0 bridgehead atoms. The lowest BCUT2D eigenvalue weighted by Crippen LogP contribution is -2.53. The highest BCUT2D eigenvalue weighted by Crippen LogP contribution is 2.31. The van der Waals surface area contributed by atoms with E-state index >= 15 is 0 Å². The molecule has 3 aromatic carbocycles. The number of hydrogen-bond donors (Lipinski definition) is 1. The van der Waals surface area contributed by atoms with Gasteiger partial charge in [-0.15, -0.1) is 5.10 Å². The van der Waals surface area contributed by atoms with E-state index in [1.54, 1.807) is 62.3 Å². The number of likely N-dealkylation sites (tertiary alicyclic amines) is 1. The van der Waals surface area contributed by atoms with Gasteiger partial charge in [-0.1, -0.05) is 23.4 Å². The third-order valence-corrected chi connectivity index (χ3v) is 9.96. The first-order valence-corrected chi connectivity index (χ1v) is 18.7. The summed E-state index contributed by atoms with van der Waals surface area (Å²) in [6.07, 6.45) is 6.25. The van der Waals surface area contributed by atoms with Crippen LogP contribution >= 0.6 is 0 Å². The molecule has 3 amide bonds. The Hall–Kier alpha value is -6.18. The molecular weight excluding hydrogens is 719 g/mol. The van der Waals surface area contributed by atoms with E-state index < -0.39 is 35.3 Å². The second kappa shape index (κ2) is 16.3. The first kappa shape index (κ1) is 38.1. The van der Waals surface area contributed by atoms with Crippen LogP contribution in [-0.4, -0.2) is 90.9 Å². The Bertz CT molecular complexity index is 2180. The van der Waals surface area contributed by atoms with Crippen LogP contribution in [0.2, 0.25) is 0 Å². The van der Waals surface area contributed by atoms with Gasteiger partial charge in [-0.3, -0.25) is 14.6 Å². The van der Waals surface area contributed by atoms with Crippen LogP contribution in [0.3, 0.4) is 0 Å². The zero-order valence-electron chi connectivity index (χ0n) is 31.6. The molecule has 2 aliphatic heterocycles. The second-order valence-electron chi connectivity index (χ2n) is 15.1. The minimum absolute atomic E-state index is 0.0268. The van der Waals surface area contributed by atoms with Crippen molar-refractivity contribution in [2.75, 3.05) is 38.0 Å². The van der Waals surface area contributed by atoms with Crippen molar-refractivity contribution < 1.29 is 27.9 Å². The largest absolute Gasteiger partial charge is 0.444 e. The van der Waals surface area contributed by atoms with Crippen molar-refractivity contribution in [2.45, 2.75) is 57.8 Å². The van der Waals surface area contributed by atoms with E-state index in [0.717, 1.165) is 40.7 Å². The van der Waals surface area contributed by atoms with Gasteiger partial charge in [-0.2, -0.15) is 0 Å². The number of nitrogens with one attached hydrogen (secondary N) is 1. The first-order valence-electron chi connectivity index (χ1n) is 18.7. The summed E-state index contributed by atoms with van der Waals surface area (Å²) < 4.78 is 36.2. The molecule has 0 saturated carbocycles. The Labute approximate surface area is 324 Å². The molecule has 2 saturated heterocycles. The number of anilines is 1. The Morgan fingerprint density at radius 2 is 1.52 bits per heavy atom. The summed E-state index contributed by atoms with van der Waals surface area (Å²) in [6.45, 7) is 7.12. The Balaban J connectivity index is 0.994. The number of carbonyl (C=O) groups excluding carboxylic acids is 3. The van der Waals surface area contributed by atoms with Crippen LogP contribution in [0.25, 0.3) is 11.3 Å². The van der Waals surface area contributed by atoms with E-state index in [-0.39, 0.29) is 42.7 Å². The van der Waals surface area contributed by atoms with Crippen LogP contribution in [0, 0.1) is 11.6 Å². The summed E-state index contributed by atoms with van der Waals surface area (Å²) in [4.78, 5) is 49.6. The summed E-state index contributed by atoms with van der Waals surface area (Å²) >= 11 is 0. The highest BCUT2D eigenvalue weighted by atomic mass is 19.1. The van der Waals surface area contributed by atoms with Gasteiger partial charge in [0.25, 0.3) is 11.8 Å². The smallest absolute Gasteiger partial charge is 0.410 e. The lowest BCUT2D eigenvalue weighted by molar-refractivity contribution is 0.00402. The van der Waals surface area contributed by atoms with Crippen molar-refractivity contribution in [1.29, 1.82) is 0 Å². The lowest BCUT2D eigenvalue weighted by atomic mass is 9.99. The highest BCUT2D eigenvalue weighted by molar-refractivity contribution is 6.00. The van der Waals surface area contributed by atoms with E-state index in [2.05, 4.69) is 20.6 Å². The number of carbonyl (C=O) groups is 3. The number of amides is 3. The number of halogens is 2. The predicted octanol–water partition coefficient (Wildman–Crippen LogP) is 7.14. The minimum atomic E-state index is -0.858. The second-order valence-corrected chi connectivity index (χ2v) is 15.1. The molecule has 0 radical (unpaired) electrons. The molecule has 12 nitrogen and oxygen atoms in total. The SMILES string of the molecule is CC(C)(C)OC(=O)N1CCN(C(=O)c2cccc(C(=O)N3CCC(n4cc(-c5cccc(NCc6ccncc6)c5)nn4)CC3)c2)C(c2cc(F)cc(F)c2)C1. The summed E-state index contributed by atoms with van der Waals surface area (Å²) in [7, 11) is 0. The monoisotopic (exact) mass is 762 g/mol. The highest BCUT2D eigenvalue weighted by Gasteiger charge is 2.36. The molecule has 0 spiro atoms. The van der Waals surface area contributed by atoms with E-state index in [4.69, 9.17) is 4.74 Å². The van der Waals surface area contributed by atoms with Crippen LogP contribution in [0.15, 0.2) is 97.5 Å². The number of piperazine rings is 1. The number of hydrogen-bond acceptors (Lipinski definition) is 8. The molecule has 4 heterocycles. The van der Waals surface area contributed by atoms with Crippen molar-refractivity contribution in [2.24, 2.45) is 0 Å². The number of ether oxygens (including phenoxy) is 1. The van der Waals surface area contributed by atoms with Gasteiger partial charge in [0.2, 0.25) is 0 Å². The molecule has 290 valence electrons. The molecule has 7 rings (SSSR count). The molecule has 5 aromatic rings. The van der Waals surface area contributed by atoms with Crippen LogP contribution in [0.1, 0.15) is 77.5 Å². The van der Waals surface area contributed by atoms with Gasteiger partial charge in [-0.05, 0) is 99.3 Å². The molecule has 14 heteroatoms. The third-order valence-electron chi connectivity index (χ3n) is 9.96. The van der Waals surface area contributed by atoms with Crippen molar-refractivity contribution in [1.82, 2.24) is 34.7 Å². The molecule has 2 fully saturated rings. The number of benzene rings is 3. The van der Waals surface area contributed by atoms with E-state index in [9.17, 15) is 23.2 Å². The molecule has 0 aliphatic carbocycles. The van der Waals surface area contributed by atoms with E-state index in [1.807, 2.05) is 47.3 Å². The standard InChI is InChI=1S/C42H44F2N8O4/c1-42(2,3)56-41(55)50-18-19-51(38(27-50)32-21-33(43)24-34(44)22-32)40(54)31-8-4-7-30(20-31)39(53)49-16-12-36(13-17-49)52-26-37(47-48-52)29-6-5-9-35(23-29)46-25-28-10-14-45-15-11-28/h4-11,14-15,20-24,26,36,38,46H,12-13,16-19,25,27H2,1-3H3. The topological polar surface area (TPSA) is 126 Å². The minimum Gasteiger partial charge on any atom is -0.444 e. The molecule has 2 aromatic heterocycles.